The lowest BCUT2D eigenvalue weighted by atomic mass is 9.84. The summed E-state index contributed by atoms with van der Waals surface area (Å²) >= 11 is 0. The van der Waals surface area contributed by atoms with Crippen LogP contribution in [0, 0.1) is 0 Å². The Kier molecular flexibility index (Phi) is 8.00. The van der Waals surface area contributed by atoms with Gasteiger partial charge in [-0.05, 0) is 67.3 Å². The number of nitrogens with zero attached hydrogens (tertiary/aromatic N) is 1. The van der Waals surface area contributed by atoms with Gasteiger partial charge in [0.1, 0.15) is 23.0 Å². The van der Waals surface area contributed by atoms with E-state index in [1.54, 1.807) is 55.6 Å². The van der Waals surface area contributed by atoms with Crippen LogP contribution in [0.3, 0.4) is 0 Å². The first-order chi connectivity index (χ1) is 18.6. The number of ether oxygens (including phenoxy) is 3. The van der Waals surface area contributed by atoms with Crippen LogP contribution in [-0.2, 0) is 15.0 Å². The summed E-state index contributed by atoms with van der Waals surface area (Å²) < 4.78 is 16.8. The topological polar surface area (TPSA) is 85.3 Å². The number of aliphatic hydroxyl groups excluding tert-OH is 1. The van der Waals surface area contributed by atoms with Crippen LogP contribution >= 0.6 is 0 Å². The lowest BCUT2D eigenvalue weighted by molar-refractivity contribution is -0.132. The summed E-state index contributed by atoms with van der Waals surface area (Å²) in [5.41, 5.74) is 2.16. The molecular weight excluding hydrogens is 494 g/mol. The van der Waals surface area contributed by atoms with Gasteiger partial charge in [0.2, 0.25) is 0 Å². The quantitative estimate of drug-likeness (QED) is 0.206. The molecular formula is C32H35NO6. The molecule has 0 aromatic heterocycles. The van der Waals surface area contributed by atoms with Gasteiger partial charge in [0, 0.05) is 22.9 Å². The Morgan fingerprint density at radius 2 is 1.56 bits per heavy atom. The molecule has 39 heavy (non-hydrogen) atoms. The Bertz CT molecular complexity index is 1400. The second-order valence-electron chi connectivity index (χ2n) is 10.3. The van der Waals surface area contributed by atoms with E-state index in [0.717, 1.165) is 5.56 Å². The Labute approximate surface area is 229 Å². The number of anilines is 1. The van der Waals surface area contributed by atoms with Gasteiger partial charge in [0.25, 0.3) is 11.7 Å². The third kappa shape index (κ3) is 5.48. The van der Waals surface area contributed by atoms with E-state index in [2.05, 4.69) is 0 Å². The van der Waals surface area contributed by atoms with E-state index >= 15 is 0 Å². The second kappa shape index (κ2) is 11.2. The van der Waals surface area contributed by atoms with Crippen LogP contribution in [0.15, 0.2) is 72.3 Å². The number of benzene rings is 3. The normalized spacial score (nSPS) is 16.9. The molecule has 7 heteroatoms. The Morgan fingerprint density at radius 3 is 2.18 bits per heavy atom. The summed E-state index contributed by atoms with van der Waals surface area (Å²) in [6.07, 6.45) is 0. The molecule has 0 radical (unpaired) electrons. The lowest BCUT2D eigenvalue weighted by Crippen LogP contribution is -2.29. The number of ketones is 1. The van der Waals surface area contributed by atoms with Gasteiger partial charge in [-0.1, -0.05) is 39.0 Å². The highest BCUT2D eigenvalue weighted by molar-refractivity contribution is 6.51. The number of hydrogen-bond donors (Lipinski definition) is 1. The van der Waals surface area contributed by atoms with Gasteiger partial charge >= 0.3 is 0 Å². The van der Waals surface area contributed by atoms with Gasteiger partial charge in [-0.3, -0.25) is 14.5 Å². The van der Waals surface area contributed by atoms with E-state index in [9.17, 15) is 14.7 Å². The minimum atomic E-state index is -0.863. The maximum absolute atomic E-state index is 13.6. The monoisotopic (exact) mass is 529 g/mol. The van der Waals surface area contributed by atoms with Crippen LogP contribution in [0.1, 0.15) is 57.4 Å². The van der Waals surface area contributed by atoms with E-state index in [1.165, 1.54) is 4.90 Å². The molecule has 0 bridgehead atoms. The fourth-order valence-corrected chi connectivity index (χ4v) is 4.81. The third-order valence-corrected chi connectivity index (χ3v) is 6.64. The number of hydrogen-bond acceptors (Lipinski definition) is 6. The molecule has 1 amide bonds. The fraction of sp³-hybridized carbons (Fsp3) is 0.312. The number of Topliss-reactive ketones (excluding diaryl/α,β-unsaturated/α-hetero) is 1. The molecule has 1 atom stereocenters. The molecule has 3 aromatic carbocycles. The molecule has 1 aliphatic rings. The number of carbonyl (C=O) groups is 2. The molecule has 1 saturated heterocycles. The van der Waals surface area contributed by atoms with E-state index in [-0.39, 0.29) is 16.7 Å². The zero-order chi connectivity index (χ0) is 28.3. The van der Waals surface area contributed by atoms with Crippen molar-refractivity contribution in [2.24, 2.45) is 0 Å². The smallest absolute Gasteiger partial charge is 0.300 e. The Morgan fingerprint density at radius 1 is 0.897 bits per heavy atom. The molecule has 204 valence electrons. The average molecular weight is 530 g/mol. The predicted octanol–water partition coefficient (Wildman–Crippen LogP) is 6.42. The average Bonchev–Trinajstić information content (AvgIpc) is 3.18. The van der Waals surface area contributed by atoms with E-state index in [0.29, 0.717) is 47.3 Å². The highest BCUT2D eigenvalue weighted by Crippen LogP contribution is 2.44. The summed E-state index contributed by atoms with van der Waals surface area (Å²) in [6.45, 7) is 10.9. The highest BCUT2D eigenvalue weighted by Gasteiger charge is 2.47. The minimum absolute atomic E-state index is 0.0102. The van der Waals surface area contributed by atoms with Crippen LogP contribution in [0.2, 0.25) is 0 Å². The largest absolute Gasteiger partial charge is 0.507 e. The summed E-state index contributed by atoms with van der Waals surface area (Å²) in [5, 5.41) is 11.6. The van der Waals surface area contributed by atoms with Crippen LogP contribution in [0.4, 0.5) is 5.69 Å². The van der Waals surface area contributed by atoms with Gasteiger partial charge in [-0.25, -0.2) is 0 Å². The first kappa shape index (κ1) is 27.8. The SMILES string of the molecule is CCOc1ccc(C2/C(=C(/O)c3ccc(OC)c(C(C)(C)C)c3)C(=O)C(=O)N2c2cccc(OCC)c2)cc1. The molecule has 0 saturated carbocycles. The van der Waals surface area contributed by atoms with Gasteiger partial charge in [0.05, 0.1) is 31.9 Å². The number of aliphatic hydroxyl groups is 1. The van der Waals surface area contributed by atoms with E-state index in [1.807, 2.05) is 52.8 Å². The van der Waals surface area contributed by atoms with Crippen molar-refractivity contribution in [1.29, 1.82) is 0 Å². The summed E-state index contributed by atoms with van der Waals surface area (Å²) in [7, 11) is 1.60. The number of amides is 1. The Hall–Kier alpha value is -4.26. The second-order valence-corrected chi connectivity index (χ2v) is 10.3. The maximum atomic E-state index is 13.6. The van der Waals surface area contributed by atoms with E-state index in [4.69, 9.17) is 14.2 Å². The standard InChI is InChI=1S/C32H35NO6/c1-7-38-23-15-12-20(13-16-23)28-27(29(34)21-14-17-26(37-6)25(18-21)32(3,4)5)30(35)31(36)33(28)22-10-9-11-24(19-22)39-8-2/h9-19,28,34H,7-8H2,1-6H3/b29-27-. The molecule has 1 aliphatic heterocycles. The molecule has 1 fully saturated rings. The van der Waals surface area contributed by atoms with Gasteiger partial charge in [-0.15, -0.1) is 0 Å². The van der Waals surface area contributed by atoms with Crippen LogP contribution < -0.4 is 19.1 Å². The fourth-order valence-electron chi connectivity index (χ4n) is 4.81. The van der Waals surface area contributed by atoms with E-state index < -0.39 is 17.7 Å². The van der Waals surface area contributed by atoms with Crippen LogP contribution in [0.25, 0.3) is 5.76 Å². The molecule has 3 aromatic rings. The molecule has 1 heterocycles. The van der Waals surface area contributed by atoms with Crippen molar-refractivity contribution < 1.29 is 28.9 Å². The van der Waals surface area contributed by atoms with Gasteiger partial charge < -0.3 is 19.3 Å². The minimum Gasteiger partial charge on any atom is -0.507 e. The zero-order valence-corrected chi connectivity index (χ0v) is 23.3. The molecule has 7 nitrogen and oxygen atoms in total. The number of rotatable bonds is 8. The number of methoxy groups -OCH3 is 1. The molecule has 4 rings (SSSR count). The molecule has 0 aliphatic carbocycles. The molecule has 1 unspecified atom stereocenters. The summed E-state index contributed by atoms with van der Waals surface area (Å²) in [4.78, 5) is 28.5. The summed E-state index contributed by atoms with van der Waals surface area (Å²) in [5.74, 6) is 0.183. The highest BCUT2D eigenvalue weighted by atomic mass is 16.5. The maximum Gasteiger partial charge on any atom is 0.300 e. The molecule has 0 spiro atoms. The van der Waals surface area contributed by atoms with Crippen LogP contribution in [-0.4, -0.2) is 37.1 Å². The van der Waals surface area contributed by atoms with Crippen molar-refractivity contribution >= 4 is 23.1 Å². The lowest BCUT2D eigenvalue weighted by Gasteiger charge is -2.26. The van der Waals surface area contributed by atoms with Crippen molar-refractivity contribution in [3.8, 4) is 17.2 Å². The Balaban J connectivity index is 1.93. The van der Waals surface area contributed by atoms with Gasteiger partial charge in [-0.2, -0.15) is 0 Å². The van der Waals surface area contributed by atoms with Crippen molar-refractivity contribution in [2.75, 3.05) is 25.2 Å². The zero-order valence-electron chi connectivity index (χ0n) is 23.3. The predicted molar refractivity (Wildman–Crippen MR) is 152 cm³/mol. The first-order valence-electron chi connectivity index (χ1n) is 13.1. The van der Waals surface area contributed by atoms with Crippen molar-refractivity contribution in [3.63, 3.8) is 0 Å². The van der Waals surface area contributed by atoms with Crippen molar-refractivity contribution in [1.82, 2.24) is 0 Å². The van der Waals surface area contributed by atoms with Crippen molar-refractivity contribution in [3.05, 3.63) is 89.0 Å². The molecule has 1 N–H and O–H groups in total. The third-order valence-electron chi connectivity index (χ3n) is 6.64. The number of carbonyl (C=O) groups excluding carboxylic acids is 2. The van der Waals surface area contributed by atoms with Gasteiger partial charge in [0.15, 0.2) is 0 Å². The van der Waals surface area contributed by atoms with Crippen molar-refractivity contribution in [2.45, 2.75) is 46.1 Å². The summed E-state index contributed by atoms with van der Waals surface area (Å²) in [6, 6.07) is 18.7. The first-order valence-corrected chi connectivity index (χ1v) is 13.1. The van der Waals surface area contributed by atoms with Crippen LogP contribution in [0.5, 0.6) is 17.2 Å².